The molecule has 0 aromatic heterocycles. The fourth-order valence-electron chi connectivity index (χ4n) is 3.11. The summed E-state index contributed by atoms with van der Waals surface area (Å²) in [7, 11) is 0. The van der Waals surface area contributed by atoms with E-state index in [1.165, 1.54) is 0 Å². The van der Waals surface area contributed by atoms with Crippen LogP contribution in [0.3, 0.4) is 0 Å². The normalized spacial score (nSPS) is 11.4. The molecule has 0 radical (unpaired) electrons. The van der Waals surface area contributed by atoms with E-state index in [1.807, 2.05) is 68.4 Å². The molecular formula is C24H31N3O3. The predicted octanol–water partition coefficient (Wildman–Crippen LogP) is 3.57. The zero-order valence-corrected chi connectivity index (χ0v) is 17.7. The van der Waals surface area contributed by atoms with Crippen molar-refractivity contribution in [1.82, 2.24) is 10.6 Å². The first-order valence-corrected chi connectivity index (χ1v) is 10.5. The van der Waals surface area contributed by atoms with Crippen LogP contribution in [0.1, 0.15) is 50.7 Å². The smallest absolute Gasteiger partial charge is 0.242 e. The number of amides is 3. The first kappa shape index (κ1) is 23.1. The van der Waals surface area contributed by atoms with Gasteiger partial charge in [-0.2, -0.15) is 0 Å². The SMILES string of the molecule is CCCC(=O)Nc1cccc(CNC(=O)C(CCC)NC(=O)Cc2ccccc2)c1. The van der Waals surface area contributed by atoms with Crippen LogP contribution in [0.15, 0.2) is 54.6 Å². The molecule has 0 bridgehead atoms. The maximum Gasteiger partial charge on any atom is 0.242 e. The van der Waals surface area contributed by atoms with Gasteiger partial charge < -0.3 is 16.0 Å². The quantitative estimate of drug-likeness (QED) is 0.530. The summed E-state index contributed by atoms with van der Waals surface area (Å²) in [5.74, 6) is -0.406. The molecule has 0 spiro atoms. The summed E-state index contributed by atoms with van der Waals surface area (Å²) in [6.45, 7) is 4.26. The van der Waals surface area contributed by atoms with Crippen molar-refractivity contribution < 1.29 is 14.4 Å². The molecule has 0 aliphatic rings. The number of carbonyl (C=O) groups is 3. The topological polar surface area (TPSA) is 87.3 Å². The van der Waals surface area contributed by atoms with Gasteiger partial charge in [0.2, 0.25) is 17.7 Å². The van der Waals surface area contributed by atoms with Gasteiger partial charge >= 0.3 is 0 Å². The van der Waals surface area contributed by atoms with Gasteiger partial charge in [0.15, 0.2) is 0 Å². The lowest BCUT2D eigenvalue weighted by molar-refractivity contribution is -0.129. The predicted molar refractivity (Wildman–Crippen MR) is 119 cm³/mol. The van der Waals surface area contributed by atoms with Crippen LogP contribution < -0.4 is 16.0 Å². The van der Waals surface area contributed by atoms with Crippen molar-refractivity contribution in [2.24, 2.45) is 0 Å². The lowest BCUT2D eigenvalue weighted by Crippen LogP contribution is -2.46. The molecule has 0 aliphatic carbocycles. The number of hydrogen-bond acceptors (Lipinski definition) is 3. The lowest BCUT2D eigenvalue weighted by Gasteiger charge is -2.18. The van der Waals surface area contributed by atoms with E-state index >= 15 is 0 Å². The van der Waals surface area contributed by atoms with Gasteiger partial charge in [-0.15, -0.1) is 0 Å². The van der Waals surface area contributed by atoms with E-state index in [-0.39, 0.29) is 24.1 Å². The molecule has 6 nitrogen and oxygen atoms in total. The number of anilines is 1. The second kappa shape index (κ2) is 12.4. The fourth-order valence-corrected chi connectivity index (χ4v) is 3.11. The molecule has 0 heterocycles. The van der Waals surface area contributed by atoms with Crippen molar-refractivity contribution in [3.8, 4) is 0 Å². The van der Waals surface area contributed by atoms with Crippen molar-refractivity contribution in [3.63, 3.8) is 0 Å². The van der Waals surface area contributed by atoms with Gasteiger partial charge in [0.25, 0.3) is 0 Å². The zero-order chi connectivity index (χ0) is 21.8. The van der Waals surface area contributed by atoms with Gasteiger partial charge in [-0.3, -0.25) is 14.4 Å². The Hall–Kier alpha value is -3.15. The average Bonchev–Trinajstić information content (AvgIpc) is 2.73. The number of rotatable bonds is 11. The monoisotopic (exact) mass is 409 g/mol. The molecule has 0 saturated carbocycles. The Morgan fingerprint density at radius 2 is 1.60 bits per heavy atom. The molecule has 0 fully saturated rings. The summed E-state index contributed by atoms with van der Waals surface area (Å²) in [5, 5.41) is 8.59. The highest BCUT2D eigenvalue weighted by molar-refractivity contribution is 5.91. The van der Waals surface area contributed by atoms with E-state index < -0.39 is 6.04 Å². The average molecular weight is 410 g/mol. The van der Waals surface area contributed by atoms with E-state index in [0.29, 0.717) is 25.1 Å². The summed E-state index contributed by atoms with van der Waals surface area (Å²) >= 11 is 0. The maximum atomic E-state index is 12.6. The Kier molecular flexibility index (Phi) is 9.58. The Morgan fingerprint density at radius 3 is 2.30 bits per heavy atom. The van der Waals surface area contributed by atoms with Crippen molar-refractivity contribution in [1.29, 1.82) is 0 Å². The first-order valence-electron chi connectivity index (χ1n) is 10.5. The molecule has 2 rings (SSSR count). The highest BCUT2D eigenvalue weighted by Gasteiger charge is 2.19. The molecule has 1 atom stereocenters. The Morgan fingerprint density at radius 1 is 0.867 bits per heavy atom. The molecule has 3 N–H and O–H groups in total. The van der Waals surface area contributed by atoms with Crippen molar-refractivity contribution >= 4 is 23.4 Å². The van der Waals surface area contributed by atoms with Crippen LogP contribution >= 0.6 is 0 Å². The largest absolute Gasteiger partial charge is 0.350 e. The lowest BCUT2D eigenvalue weighted by atomic mass is 10.1. The van der Waals surface area contributed by atoms with Crippen LogP contribution in [0.5, 0.6) is 0 Å². The summed E-state index contributed by atoms with van der Waals surface area (Å²) < 4.78 is 0. The van der Waals surface area contributed by atoms with Crippen molar-refractivity contribution in [2.45, 2.75) is 58.5 Å². The molecule has 6 heteroatoms. The second-order valence-electron chi connectivity index (χ2n) is 7.29. The molecule has 30 heavy (non-hydrogen) atoms. The Labute approximate surface area is 178 Å². The molecule has 0 saturated heterocycles. The molecule has 0 aliphatic heterocycles. The first-order chi connectivity index (χ1) is 14.5. The summed E-state index contributed by atoms with van der Waals surface area (Å²) in [6.07, 6.45) is 2.86. The third-order valence-electron chi connectivity index (χ3n) is 4.59. The fraction of sp³-hybridized carbons (Fsp3) is 0.375. The standard InChI is InChI=1S/C24H31N3O3/c1-3-9-21(27-23(29)16-18-11-6-5-7-12-18)24(30)25-17-19-13-8-14-20(15-19)26-22(28)10-4-2/h5-8,11-15,21H,3-4,9-10,16-17H2,1-2H3,(H,25,30)(H,26,28)(H,27,29). The highest BCUT2D eigenvalue weighted by Crippen LogP contribution is 2.11. The van der Waals surface area contributed by atoms with E-state index in [1.54, 1.807) is 0 Å². The van der Waals surface area contributed by atoms with Crippen LogP contribution in [0, 0.1) is 0 Å². The van der Waals surface area contributed by atoms with E-state index in [9.17, 15) is 14.4 Å². The molecule has 2 aromatic rings. The molecular weight excluding hydrogens is 378 g/mol. The molecule has 160 valence electrons. The van der Waals surface area contributed by atoms with Crippen LogP contribution in [0.4, 0.5) is 5.69 Å². The van der Waals surface area contributed by atoms with Crippen molar-refractivity contribution in [2.75, 3.05) is 5.32 Å². The van der Waals surface area contributed by atoms with E-state index in [0.717, 1.165) is 24.0 Å². The summed E-state index contributed by atoms with van der Waals surface area (Å²) in [5.41, 5.74) is 2.50. The molecule has 3 amide bonds. The van der Waals surface area contributed by atoms with Gasteiger partial charge in [0.05, 0.1) is 6.42 Å². The zero-order valence-electron chi connectivity index (χ0n) is 17.7. The van der Waals surface area contributed by atoms with Gasteiger partial charge in [-0.25, -0.2) is 0 Å². The second-order valence-corrected chi connectivity index (χ2v) is 7.29. The summed E-state index contributed by atoms with van der Waals surface area (Å²) in [6, 6.07) is 16.3. The third-order valence-corrected chi connectivity index (χ3v) is 4.59. The Bertz CT molecular complexity index is 837. The number of benzene rings is 2. The Balaban J connectivity index is 1.90. The maximum absolute atomic E-state index is 12.6. The van der Waals surface area contributed by atoms with Gasteiger partial charge in [0.1, 0.15) is 6.04 Å². The van der Waals surface area contributed by atoms with Crippen LogP contribution in [0.2, 0.25) is 0 Å². The molecule has 1 unspecified atom stereocenters. The highest BCUT2D eigenvalue weighted by atomic mass is 16.2. The third kappa shape index (κ3) is 8.07. The van der Waals surface area contributed by atoms with Crippen molar-refractivity contribution in [3.05, 3.63) is 65.7 Å². The van der Waals surface area contributed by atoms with Gasteiger partial charge in [-0.1, -0.05) is 62.7 Å². The van der Waals surface area contributed by atoms with E-state index in [4.69, 9.17) is 0 Å². The van der Waals surface area contributed by atoms with Crippen LogP contribution in [0.25, 0.3) is 0 Å². The molecule has 2 aromatic carbocycles. The minimum Gasteiger partial charge on any atom is -0.350 e. The van der Waals surface area contributed by atoms with E-state index in [2.05, 4.69) is 16.0 Å². The van der Waals surface area contributed by atoms with Gasteiger partial charge in [-0.05, 0) is 36.1 Å². The summed E-state index contributed by atoms with van der Waals surface area (Å²) in [4.78, 5) is 36.8. The van der Waals surface area contributed by atoms with Crippen LogP contribution in [-0.4, -0.2) is 23.8 Å². The minimum atomic E-state index is -0.571. The minimum absolute atomic E-state index is 0.0252. The number of nitrogens with one attached hydrogen (secondary N) is 3. The number of hydrogen-bond donors (Lipinski definition) is 3. The van der Waals surface area contributed by atoms with Gasteiger partial charge in [0, 0.05) is 18.7 Å². The van der Waals surface area contributed by atoms with Crippen LogP contribution in [-0.2, 0) is 27.3 Å². The number of carbonyl (C=O) groups excluding carboxylic acids is 3.